The van der Waals surface area contributed by atoms with E-state index in [9.17, 15) is 4.79 Å². The number of benzene rings is 1. The Hall–Kier alpha value is -2.67. The number of nitrogens with one attached hydrogen (secondary N) is 2. The lowest BCUT2D eigenvalue weighted by atomic mass is 10.1. The number of amides is 1. The van der Waals surface area contributed by atoms with Crippen LogP contribution in [0, 0.1) is 0 Å². The van der Waals surface area contributed by atoms with Crippen molar-refractivity contribution < 1.29 is 14.3 Å². The first-order chi connectivity index (χ1) is 12.8. The highest BCUT2D eigenvalue weighted by molar-refractivity contribution is 5.92. The molecule has 0 bridgehead atoms. The van der Waals surface area contributed by atoms with Gasteiger partial charge in [0.05, 0.1) is 7.11 Å². The van der Waals surface area contributed by atoms with Crippen LogP contribution in [-0.2, 0) is 11.2 Å². The lowest BCUT2D eigenvalue weighted by Crippen LogP contribution is -2.39. The summed E-state index contributed by atoms with van der Waals surface area (Å²) in [4.78, 5) is 12.2. The molecule has 2 aromatic rings. The molecule has 0 aliphatic carbocycles. The summed E-state index contributed by atoms with van der Waals surface area (Å²) in [6.07, 6.45) is 2.47. The summed E-state index contributed by atoms with van der Waals surface area (Å²) in [6, 6.07) is 11.5. The van der Waals surface area contributed by atoms with E-state index < -0.39 is 0 Å². The van der Waals surface area contributed by atoms with Crippen LogP contribution in [0.3, 0.4) is 0 Å². The number of hydrogen-bond donors (Lipinski definition) is 2. The first kappa shape index (κ1) is 18.1. The number of hydrogen-bond acceptors (Lipinski definition) is 6. The maximum absolute atomic E-state index is 12.2. The number of carbonyl (C=O) groups excluding carboxylic acids is 1. The number of aromatic nitrogens is 2. The summed E-state index contributed by atoms with van der Waals surface area (Å²) in [5, 5.41) is 14.3. The first-order valence-electron chi connectivity index (χ1n) is 8.84. The van der Waals surface area contributed by atoms with Crippen molar-refractivity contribution in [3.8, 4) is 5.75 Å². The van der Waals surface area contributed by atoms with Gasteiger partial charge >= 0.3 is 0 Å². The highest BCUT2D eigenvalue weighted by Crippen LogP contribution is 2.17. The Morgan fingerprint density at radius 3 is 2.73 bits per heavy atom. The van der Waals surface area contributed by atoms with Crippen LogP contribution in [0.5, 0.6) is 5.75 Å². The van der Waals surface area contributed by atoms with Crippen LogP contribution in [0.15, 0.2) is 36.4 Å². The van der Waals surface area contributed by atoms with Gasteiger partial charge < -0.3 is 20.1 Å². The van der Waals surface area contributed by atoms with Gasteiger partial charge in [0.1, 0.15) is 11.6 Å². The van der Waals surface area contributed by atoms with Crippen LogP contribution in [0.2, 0.25) is 0 Å². The van der Waals surface area contributed by atoms with E-state index in [1.165, 1.54) is 0 Å². The molecule has 1 aliphatic heterocycles. The van der Waals surface area contributed by atoms with Gasteiger partial charge in [-0.25, -0.2) is 0 Å². The maximum Gasteiger partial charge on any atom is 0.272 e. The first-order valence-corrected chi connectivity index (χ1v) is 8.84. The molecule has 138 valence electrons. The van der Waals surface area contributed by atoms with Crippen molar-refractivity contribution in [3.63, 3.8) is 0 Å². The molecule has 0 unspecified atom stereocenters. The Labute approximate surface area is 153 Å². The molecule has 0 spiro atoms. The average Bonchev–Trinajstić information content (AvgIpc) is 2.69. The van der Waals surface area contributed by atoms with E-state index >= 15 is 0 Å². The molecule has 0 atom stereocenters. The molecular formula is C19H24N4O3. The minimum atomic E-state index is -0.190. The second-order valence-electron chi connectivity index (χ2n) is 6.15. The number of carbonyl (C=O) groups is 1. The summed E-state index contributed by atoms with van der Waals surface area (Å²) >= 11 is 0. The van der Waals surface area contributed by atoms with E-state index in [2.05, 4.69) is 20.8 Å². The molecule has 3 rings (SSSR count). The quantitative estimate of drug-likeness (QED) is 0.790. The number of rotatable bonds is 7. The Morgan fingerprint density at radius 1 is 1.19 bits per heavy atom. The monoisotopic (exact) mass is 356 g/mol. The smallest absolute Gasteiger partial charge is 0.272 e. The molecule has 26 heavy (non-hydrogen) atoms. The van der Waals surface area contributed by atoms with Gasteiger partial charge in [0.2, 0.25) is 0 Å². The Bertz CT molecular complexity index is 715. The fourth-order valence-electron chi connectivity index (χ4n) is 2.88. The third kappa shape index (κ3) is 4.92. The van der Waals surface area contributed by atoms with Crippen LogP contribution >= 0.6 is 0 Å². The molecule has 1 aromatic heterocycles. The van der Waals surface area contributed by atoms with Crippen LogP contribution in [0.4, 0.5) is 5.82 Å². The molecule has 1 fully saturated rings. The highest BCUT2D eigenvalue weighted by atomic mass is 16.5. The number of anilines is 1. The van der Waals surface area contributed by atoms with Crippen molar-refractivity contribution in [2.24, 2.45) is 0 Å². The molecule has 1 aromatic carbocycles. The van der Waals surface area contributed by atoms with Crippen molar-refractivity contribution in [2.45, 2.75) is 25.3 Å². The summed E-state index contributed by atoms with van der Waals surface area (Å²) in [6.45, 7) is 2.07. The van der Waals surface area contributed by atoms with Crippen molar-refractivity contribution in [1.29, 1.82) is 0 Å². The van der Waals surface area contributed by atoms with Crippen LogP contribution < -0.4 is 15.4 Å². The van der Waals surface area contributed by atoms with Gasteiger partial charge in [0.15, 0.2) is 5.69 Å². The van der Waals surface area contributed by atoms with E-state index in [0.717, 1.165) is 30.6 Å². The Kier molecular flexibility index (Phi) is 6.38. The molecule has 2 N–H and O–H groups in total. The molecule has 0 saturated carbocycles. The lowest BCUT2D eigenvalue weighted by molar-refractivity contribution is 0.0693. The predicted molar refractivity (Wildman–Crippen MR) is 98.5 cm³/mol. The molecule has 1 saturated heterocycles. The number of methoxy groups -OCH3 is 1. The maximum atomic E-state index is 12.2. The van der Waals surface area contributed by atoms with E-state index in [-0.39, 0.29) is 11.9 Å². The predicted octanol–water partition coefficient (Wildman–Crippen LogP) is 2.05. The lowest BCUT2D eigenvalue weighted by Gasteiger charge is -2.22. The summed E-state index contributed by atoms with van der Waals surface area (Å²) in [7, 11) is 1.67. The number of nitrogens with zero attached hydrogens (tertiary/aromatic N) is 2. The summed E-state index contributed by atoms with van der Waals surface area (Å²) in [5.41, 5.74) is 1.45. The third-order valence-electron chi connectivity index (χ3n) is 4.35. The van der Waals surface area contributed by atoms with Gasteiger partial charge in [-0.15, -0.1) is 10.2 Å². The van der Waals surface area contributed by atoms with Crippen molar-refractivity contribution in [1.82, 2.24) is 15.5 Å². The minimum absolute atomic E-state index is 0.150. The zero-order chi connectivity index (χ0) is 18.2. The Balaban J connectivity index is 1.48. The minimum Gasteiger partial charge on any atom is -0.496 e. The molecule has 7 nitrogen and oxygen atoms in total. The van der Waals surface area contributed by atoms with Crippen molar-refractivity contribution in [2.75, 3.05) is 32.2 Å². The topological polar surface area (TPSA) is 85.4 Å². The molecular weight excluding hydrogens is 332 g/mol. The highest BCUT2D eigenvalue weighted by Gasteiger charge is 2.17. The van der Waals surface area contributed by atoms with Crippen LogP contribution in [0.25, 0.3) is 0 Å². The van der Waals surface area contributed by atoms with E-state index in [4.69, 9.17) is 9.47 Å². The van der Waals surface area contributed by atoms with Crippen LogP contribution in [0.1, 0.15) is 28.9 Å². The zero-order valence-corrected chi connectivity index (χ0v) is 14.9. The molecule has 1 aliphatic rings. The Morgan fingerprint density at radius 2 is 2.00 bits per heavy atom. The number of para-hydroxylation sites is 1. The molecule has 0 radical (unpaired) electrons. The molecule has 2 heterocycles. The standard InChI is InChI=1S/C19H24N4O3/c1-25-17-5-3-2-4-14(17)8-11-20-18-7-6-16(22-23-18)19(24)21-15-9-12-26-13-10-15/h2-7,15H,8-13H2,1H3,(H,20,23)(H,21,24). The van der Waals surface area contributed by atoms with Gasteiger partial charge in [0.25, 0.3) is 5.91 Å². The molecule has 1 amide bonds. The SMILES string of the molecule is COc1ccccc1CCNc1ccc(C(=O)NC2CCOCC2)nn1. The van der Waals surface area contributed by atoms with E-state index in [1.807, 2.05) is 24.3 Å². The average molecular weight is 356 g/mol. The van der Waals surface area contributed by atoms with Gasteiger partial charge in [-0.3, -0.25) is 4.79 Å². The second kappa shape index (κ2) is 9.15. The fourth-order valence-corrected chi connectivity index (χ4v) is 2.88. The third-order valence-corrected chi connectivity index (χ3v) is 4.35. The van der Waals surface area contributed by atoms with Gasteiger partial charge in [0, 0.05) is 25.8 Å². The second-order valence-corrected chi connectivity index (χ2v) is 6.15. The fraction of sp³-hybridized carbons (Fsp3) is 0.421. The molecule has 7 heteroatoms. The van der Waals surface area contributed by atoms with E-state index in [0.29, 0.717) is 31.3 Å². The van der Waals surface area contributed by atoms with Crippen molar-refractivity contribution in [3.05, 3.63) is 47.7 Å². The zero-order valence-electron chi connectivity index (χ0n) is 14.9. The largest absolute Gasteiger partial charge is 0.496 e. The van der Waals surface area contributed by atoms with E-state index in [1.54, 1.807) is 19.2 Å². The van der Waals surface area contributed by atoms with Crippen molar-refractivity contribution >= 4 is 11.7 Å². The van der Waals surface area contributed by atoms with Gasteiger partial charge in [-0.1, -0.05) is 18.2 Å². The number of ether oxygens (including phenoxy) is 2. The van der Waals surface area contributed by atoms with Crippen LogP contribution in [-0.4, -0.2) is 49.0 Å². The normalized spacial score (nSPS) is 14.7. The summed E-state index contributed by atoms with van der Waals surface area (Å²) < 4.78 is 10.6. The van der Waals surface area contributed by atoms with Gasteiger partial charge in [-0.2, -0.15) is 0 Å². The van der Waals surface area contributed by atoms with Gasteiger partial charge in [-0.05, 0) is 43.0 Å². The summed E-state index contributed by atoms with van der Waals surface area (Å²) in [5.74, 6) is 1.33.